The quantitative estimate of drug-likeness (QED) is 0.174. The van der Waals surface area contributed by atoms with E-state index in [4.69, 9.17) is 19.4 Å². The maximum Gasteiger partial charge on any atom is 0.164 e. The van der Waals surface area contributed by atoms with Gasteiger partial charge in [-0.25, -0.2) is 15.0 Å². The van der Waals surface area contributed by atoms with Crippen LogP contribution in [0.1, 0.15) is 51.7 Å². The molecule has 298 valence electrons. The van der Waals surface area contributed by atoms with E-state index in [-0.39, 0.29) is 10.8 Å². The molecule has 5 nitrogen and oxygen atoms in total. The SMILES string of the molecule is CC1(C)CCC(C)(C)c2cc3c(cc21)c1cc2ccccc2cc1n3-c1ccc(-c2nc(-c3ccc4oc5ccccc5c4c3)nc(-c3ccccc3-c3ccccc3)n2)cc1. The second kappa shape index (κ2) is 13.6. The highest BCUT2D eigenvalue weighted by molar-refractivity contribution is 6.14. The summed E-state index contributed by atoms with van der Waals surface area (Å²) in [5.74, 6) is 1.84. The van der Waals surface area contributed by atoms with E-state index in [9.17, 15) is 0 Å². The molecule has 0 radical (unpaired) electrons. The van der Waals surface area contributed by atoms with Crippen LogP contribution in [0.25, 0.3) is 105 Å². The van der Waals surface area contributed by atoms with Crippen molar-refractivity contribution in [3.8, 4) is 51.0 Å². The molecule has 3 heterocycles. The Hall–Kier alpha value is -7.37. The Balaban J connectivity index is 1.05. The lowest BCUT2D eigenvalue weighted by Crippen LogP contribution is -2.33. The van der Waals surface area contributed by atoms with Gasteiger partial charge in [-0.1, -0.05) is 125 Å². The molecule has 11 aromatic rings. The van der Waals surface area contributed by atoms with E-state index < -0.39 is 0 Å². The van der Waals surface area contributed by atoms with E-state index in [2.05, 4.69) is 166 Å². The first-order chi connectivity index (χ1) is 30.2. The molecule has 5 heteroatoms. The molecule has 0 atom stereocenters. The number of nitrogens with zero attached hydrogens (tertiary/aromatic N) is 4. The minimum Gasteiger partial charge on any atom is -0.456 e. The van der Waals surface area contributed by atoms with Gasteiger partial charge in [0.1, 0.15) is 11.2 Å². The lowest BCUT2D eigenvalue weighted by atomic mass is 9.63. The van der Waals surface area contributed by atoms with Crippen LogP contribution in [0.3, 0.4) is 0 Å². The van der Waals surface area contributed by atoms with Crippen LogP contribution >= 0.6 is 0 Å². The zero-order valence-corrected chi connectivity index (χ0v) is 35.3. The lowest BCUT2D eigenvalue weighted by molar-refractivity contribution is 0.332. The number of fused-ring (bicyclic) bond motifs is 8. The second-order valence-electron chi connectivity index (χ2n) is 18.3. The number of rotatable bonds is 5. The van der Waals surface area contributed by atoms with Gasteiger partial charge in [-0.3, -0.25) is 0 Å². The van der Waals surface area contributed by atoms with Crippen molar-refractivity contribution in [3.63, 3.8) is 0 Å². The van der Waals surface area contributed by atoms with Crippen LogP contribution in [0.4, 0.5) is 0 Å². The molecule has 0 amide bonds. The van der Waals surface area contributed by atoms with E-state index in [1.807, 2.05) is 36.4 Å². The van der Waals surface area contributed by atoms with E-state index in [1.165, 1.54) is 50.1 Å². The van der Waals surface area contributed by atoms with Crippen LogP contribution in [0.5, 0.6) is 0 Å². The summed E-state index contributed by atoms with van der Waals surface area (Å²) in [4.78, 5) is 15.7. The predicted octanol–water partition coefficient (Wildman–Crippen LogP) is 15.0. The van der Waals surface area contributed by atoms with Crippen LogP contribution in [-0.2, 0) is 10.8 Å². The zero-order valence-electron chi connectivity index (χ0n) is 35.3. The molecule has 1 aliphatic rings. The van der Waals surface area contributed by atoms with Crippen LogP contribution < -0.4 is 0 Å². The van der Waals surface area contributed by atoms with Crippen LogP contribution in [0.2, 0.25) is 0 Å². The van der Waals surface area contributed by atoms with Crippen molar-refractivity contribution in [3.05, 3.63) is 181 Å². The zero-order chi connectivity index (χ0) is 41.7. The maximum atomic E-state index is 6.20. The van der Waals surface area contributed by atoms with Gasteiger partial charge in [0, 0.05) is 43.9 Å². The molecule has 0 fully saturated rings. The number of hydrogen-bond donors (Lipinski definition) is 0. The fourth-order valence-corrected chi connectivity index (χ4v) is 9.97. The fourth-order valence-electron chi connectivity index (χ4n) is 9.97. The van der Waals surface area contributed by atoms with Crippen LogP contribution in [0.15, 0.2) is 174 Å². The third kappa shape index (κ3) is 5.79. The molecule has 0 aliphatic heterocycles. The Morgan fingerprint density at radius 2 is 0.984 bits per heavy atom. The van der Waals surface area contributed by atoms with Gasteiger partial charge < -0.3 is 8.98 Å². The maximum absolute atomic E-state index is 6.20. The molecule has 1 aliphatic carbocycles. The van der Waals surface area contributed by atoms with E-state index >= 15 is 0 Å². The van der Waals surface area contributed by atoms with Gasteiger partial charge in [0.25, 0.3) is 0 Å². The van der Waals surface area contributed by atoms with Crippen molar-refractivity contribution in [1.82, 2.24) is 19.5 Å². The summed E-state index contributed by atoms with van der Waals surface area (Å²) >= 11 is 0. The summed E-state index contributed by atoms with van der Waals surface area (Å²) in [6.45, 7) is 9.65. The smallest absolute Gasteiger partial charge is 0.164 e. The summed E-state index contributed by atoms with van der Waals surface area (Å²) in [6.07, 6.45) is 2.34. The van der Waals surface area contributed by atoms with Gasteiger partial charge in [-0.2, -0.15) is 0 Å². The monoisotopic (exact) mass is 800 g/mol. The van der Waals surface area contributed by atoms with Crippen molar-refractivity contribution >= 4 is 54.5 Å². The van der Waals surface area contributed by atoms with Crippen molar-refractivity contribution in [1.29, 1.82) is 0 Å². The molecule has 0 N–H and O–H groups in total. The van der Waals surface area contributed by atoms with Gasteiger partial charge in [-0.05, 0) is 129 Å². The summed E-state index contributed by atoms with van der Waals surface area (Å²) in [6, 6.07) is 60.4. The Kier molecular flexibility index (Phi) is 7.98. The van der Waals surface area contributed by atoms with E-state index in [0.29, 0.717) is 17.5 Å². The first kappa shape index (κ1) is 36.5. The number of aromatic nitrogens is 4. The molecule has 3 aromatic heterocycles. The average Bonchev–Trinajstić information content (AvgIpc) is 3.84. The Morgan fingerprint density at radius 1 is 0.419 bits per heavy atom. The third-order valence-corrected chi connectivity index (χ3v) is 13.5. The van der Waals surface area contributed by atoms with Crippen molar-refractivity contribution in [2.45, 2.75) is 51.4 Å². The highest BCUT2D eigenvalue weighted by Crippen LogP contribution is 2.49. The molecule has 62 heavy (non-hydrogen) atoms. The third-order valence-electron chi connectivity index (χ3n) is 13.5. The van der Waals surface area contributed by atoms with Crippen molar-refractivity contribution in [2.75, 3.05) is 0 Å². The topological polar surface area (TPSA) is 56.7 Å². The van der Waals surface area contributed by atoms with Gasteiger partial charge in [0.05, 0.1) is 11.0 Å². The first-order valence-electron chi connectivity index (χ1n) is 21.6. The first-order valence-corrected chi connectivity index (χ1v) is 21.6. The molecule has 0 saturated heterocycles. The Labute approximate surface area is 360 Å². The molecule has 0 bridgehead atoms. The molecule has 8 aromatic carbocycles. The van der Waals surface area contributed by atoms with Gasteiger partial charge in [-0.15, -0.1) is 0 Å². The minimum absolute atomic E-state index is 0.0807. The van der Waals surface area contributed by atoms with Gasteiger partial charge in [0.2, 0.25) is 0 Å². The molecular formula is C57H44N4O. The Bertz CT molecular complexity index is 3570. The molecular weight excluding hydrogens is 757 g/mol. The normalized spacial score (nSPS) is 14.6. The largest absolute Gasteiger partial charge is 0.456 e. The predicted molar refractivity (Wildman–Crippen MR) is 256 cm³/mol. The number of furan rings is 1. The molecule has 12 rings (SSSR count). The lowest BCUT2D eigenvalue weighted by Gasteiger charge is -2.42. The number of benzene rings is 8. The number of hydrogen-bond acceptors (Lipinski definition) is 4. The van der Waals surface area contributed by atoms with E-state index in [1.54, 1.807) is 0 Å². The average molecular weight is 801 g/mol. The van der Waals surface area contributed by atoms with Crippen LogP contribution in [-0.4, -0.2) is 19.5 Å². The highest BCUT2D eigenvalue weighted by Gasteiger charge is 2.38. The summed E-state index contributed by atoms with van der Waals surface area (Å²) in [7, 11) is 0. The van der Waals surface area contributed by atoms with Crippen molar-refractivity contribution < 1.29 is 4.42 Å². The van der Waals surface area contributed by atoms with Crippen molar-refractivity contribution in [2.24, 2.45) is 0 Å². The minimum atomic E-state index is 0.0807. The summed E-state index contributed by atoms with van der Waals surface area (Å²) in [5, 5.41) is 7.15. The summed E-state index contributed by atoms with van der Waals surface area (Å²) < 4.78 is 8.66. The van der Waals surface area contributed by atoms with E-state index in [0.717, 1.165) is 61.9 Å². The highest BCUT2D eigenvalue weighted by atomic mass is 16.3. The van der Waals surface area contributed by atoms with Gasteiger partial charge in [0.15, 0.2) is 17.5 Å². The fraction of sp³-hybridized carbons (Fsp3) is 0.140. The molecule has 0 saturated carbocycles. The number of para-hydroxylation sites is 1. The van der Waals surface area contributed by atoms with Crippen LogP contribution in [0, 0.1) is 0 Å². The van der Waals surface area contributed by atoms with Gasteiger partial charge >= 0.3 is 0 Å². The second-order valence-corrected chi connectivity index (χ2v) is 18.3. The molecule has 0 unspecified atom stereocenters. The molecule has 0 spiro atoms. The standard InChI is InChI=1S/C57H44N4O/c1-56(2)28-29-57(3,4)48-34-50-45(33-47(48)56)44-30-37-16-8-9-17-38(37)32-49(44)61(50)40-25-22-36(23-26-40)53-58-54(39-24-27-52-46(31-39)42-19-12-13-21-51(42)62-52)60-55(59-53)43-20-11-10-18-41(43)35-14-6-5-7-15-35/h5-27,30-34H,28-29H2,1-4H3. The summed E-state index contributed by atoms with van der Waals surface area (Å²) in [5.41, 5.74) is 13.3. The Morgan fingerprint density at radius 3 is 1.76 bits per heavy atom.